The first-order valence-corrected chi connectivity index (χ1v) is 8.47. The SMILES string of the molecule is COCC(C)Nc1ccc(S(=O)(=O)NC2CC2)cc1C(=O)O. The quantitative estimate of drug-likeness (QED) is 0.664. The number of carboxylic acid groups (broad SMARTS) is 1. The van der Waals surface area contributed by atoms with Crippen molar-refractivity contribution < 1.29 is 23.1 Å². The molecule has 0 aromatic heterocycles. The highest BCUT2D eigenvalue weighted by Gasteiger charge is 2.28. The standard InChI is InChI=1S/C14H20N2O5S/c1-9(8-21-2)15-13-6-5-11(7-12(13)14(17)18)22(19,20)16-10-3-4-10/h5-7,9-10,15-16H,3-4,8H2,1-2H3,(H,17,18). The van der Waals surface area contributed by atoms with Crippen molar-refractivity contribution in [2.75, 3.05) is 19.0 Å². The summed E-state index contributed by atoms with van der Waals surface area (Å²) in [4.78, 5) is 11.3. The molecule has 22 heavy (non-hydrogen) atoms. The van der Waals surface area contributed by atoms with Gasteiger partial charge in [0.2, 0.25) is 10.0 Å². The Bertz CT molecular complexity index is 655. The van der Waals surface area contributed by atoms with E-state index in [1.54, 1.807) is 7.11 Å². The first kappa shape index (κ1) is 16.7. The van der Waals surface area contributed by atoms with Gasteiger partial charge < -0.3 is 15.2 Å². The van der Waals surface area contributed by atoms with Crippen molar-refractivity contribution in [3.05, 3.63) is 23.8 Å². The lowest BCUT2D eigenvalue weighted by Gasteiger charge is -2.17. The average molecular weight is 328 g/mol. The zero-order chi connectivity index (χ0) is 16.3. The largest absolute Gasteiger partial charge is 0.478 e. The summed E-state index contributed by atoms with van der Waals surface area (Å²) in [7, 11) is -2.12. The molecule has 1 aliphatic rings. The number of hydrogen-bond donors (Lipinski definition) is 3. The highest BCUT2D eigenvalue weighted by molar-refractivity contribution is 7.89. The fourth-order valence-corrected chi connectivity index (χ4v) is 3.37. The Morgan fingerprint density at radius 2 is 2.14 bits per heavy atom. The second-order valence-corrected chi connectivity index (χ2v) is 7.12. The lowest BCUT2D eigenvalue weighted by atomic mass is 10.1. The van der Waals surface area contributed by atoms with Crippen LogP contribution in [0.25, 0.3) is 0 Å². The van der Waals surface area contributed by atoms with Gasteiger partial charge in [0.1, 0.15) is 0 Å². The van der Waals surface area contributed by atoms with Crippen molar-refractivity contribution in [3.63, 3.8) is 0 Å². The summed E-state index contributed by atoms with van der Waals surface area (Å²) in [6.07, 6.45) is 1.64. The van der Waals surface area contributed by atoms with Gasteiger partial charge in [-0.15, -0.1) is 0 Å². The summed E-state index contributed by atoms with van der Waals surface area (Å²) < 4.78 is 31.8. The molecule has 0 aliphatic heterocycles. The number of rotatable bonds is 8. The van der Waals surface area contributed by atoms with Gasteiger partial charge in [-0.2, -0.15) is 0 Å². The van der Waals surface area contributed by atoms with Gasteiger partial charge in [0.05, 0.1) is 17.1 Å². The maximum atomic E-state index is 12.1. The maximum absolute atomic E-state index is 12.1. The Morgan fingerprint density at radius 3 is 2.68 bits per heavy atom. The number of anilines is 1. The van der Waals surface area contributed by atoms with Crippen LogP contribution in [0.2, 0.25) is 0 Å². The second-order valence-electron chi connectivity index (χ2n) is 5.41. The second kappa shape index (κ2) is 6.64. The number of ether oxygens (including phenoxy) is 1. The molecule has 0 spiro atoms. The van der Waals surface area contributed by atoms with Gasteiger partial charge >= 0.3 is 5.97 Å². The molecule has 0 saturated heterocycles. The molecule has 1 unspecified atom stereocenters. The van der Waals surface area contributed by atoms with Crippen LogP contribution in [-0.2, 0) is 14.8 Å². The van der Waals surface area contributed by atoms with Crippen LogP contribution in [0.1, 0.15) is 30.1 Å². The molecular formula is C14H20N2O5S. The lowest BCUT2D eigenvalue weighted by Crippen LogP contribution is -2.26. The number of methoxy groups -OCH3 is 1. The molecule has 1 aromatic carbocycles. The van der Waals surface area contributed by atoms with Crippen LogP contribution in [0.5, 0.6) is 0 Å². The summed E-state index contributed by atoms with van der Waals surface area (Å²) in [5, 5.41) is 12.3. The molecule has 0 amide bonds. The summed E-state index contributed by atoms with van der Waals surface area (Å²) in [5.41, 5.74) is 0.282. The molecule has 0 bridgehead atoms. The molecule has 3 N–H and O–H groups in total. The minimum Gasteiger partial charge on any atom is -0.478 e. The maximum Gasteiger partial charge on any atom is 0.337 e. The van der Waals surface area contributed by atoms with Crippen molar-refractivity contribution in [1.82, 2.24) is 4.72 Å². The number of carboxylic acids is 1. The van der Waals surface area contributed by atoms with E-state index in [1.807, 2.05) is 6.92 Å². The minimum atomic E-state index is -3.67. The van der Waals surface area contributed by atoms with Gasteiger partial charge in [0, 0.05) is 24.9 Å². The summed E-state index contributed by atoms with van der Waals surface area (Å²) in [6, 6.07) is 3.92. The van der Waals surface area contributed by atoms with E-state index in [1.165, 1.54) is 18.2 Å². The van der Waals surface area contributed by atoms with E-state index in [-0.39, 0.29) is 22.5 Å². The third-order valence-corrected chi connectivity index (χ3v) is 4.77. The van der Waals surface area contributed by atoms with Crippen LogP contribution < -0.4 is 10.0 Å². The average Bonchev–Trinajstić information content (AvgIpc) is 3.22. The van der Waals surface area contributed by atoms with Crippen molar-refractivity contribution >= 4 is 21.7 Å². The summed E-state index contributed by atoms with van der Waals surface area (Å²) in [6.45, 7) is 2.25. The van der Waals surface area contributed by atoms with E-state index in [0.717, 1.165) is 12.8 Å². The van der Waals surface area contributed by atoms with E-state index in [0.29, 0.717) is 12.3 Å². The molecule has 8 heteroatoms. The number of aromatic carboxylic acids is 1. The van der Waals surface area contributed by atoms with E-state index in [9.17, 15) is 18.3 Å². The Balaban J connectivity index is 2.28. The lowest BCUT2D eigenvalue weighted by molar-refractivity contribution is 0.0697. The summed E-state index contributed by atoms with van der Waals surface area (Å²) >= 11 is 0. The number of carbonyl (C=O) groups is 1. The van der Waals surface area contributed by atoms with E-state index >= 15 is 0 Å². The van der Waals surface area contributed by atoms with Crippen LogP contribution in [0.3, 0.4) is 0 Å². The molecule has 0 radical (unpaired) electrons. The van der Waals surface area contributed by atoms with Crippen LogP contribution in [-0.4, -0.2) is 45.3 Å². The van der Waals surface area contributed by atoms with Crippen LogP contribution >= 0.6 is 0 Å². The van der Waals surface area contributed by atoms with Crippen LogP contribution in [0.4, 0.5) is 5.69 Å². The zero-order valence-electron chi connectivity index (χ0n) is 12.5. The van der Waals surface area contributed by atoms with Crippen LogP contribution in [0.15, 0.2) is 23.1 Å². The van der Waals surface area contributed by atoms with Crippen molar-refractivity contribution in [1.29, 1.82) is 0 Å². The van der Waals surface area contributed by atoms with Crippen molar-refractivity contribution in [2.45, 2.75) is 36.7 Å². The van der Waals surface area contributed by atoms with Gasteiger partial charge in [0.15, 0.2) is 0 Å². The monoisotopic (exact) mass is 328 g/mol. The molecule has 1 fully saturated rings. The molecule has 1 aliphatic carbocycles. The van der Waals surface area contributed by atoms with Gasteiger partial charge in [0.25, 0.3) is 0 Å². The Hall–Kier alpha value is -1.64. The third-order valence-electron chi connectivity index (χ3n) is 3.25. The number of nitrogens with one attached hydrogen (secondary N) is 2. The van der Waals surface area contributed by atoms with E-state index < -0.39 is 16.0 Å². The first-order valence-electron chi connectivity index (χ1n) is 6.98. The predicted octanol–water partition coefficient (Wildman–Crippen LogP) is 1.27. The number of benzene rings is 1. The highest BCUT2D eigenvalue weighted by Crippen LogP contribution is 2.25. The highest BCUT2D eigenvalue weighted by atomic mass is 32.2. The first-order chi connectivity index (χ1) is 10.3. The molecule has 1 atom stereocenters. The molecule has 2 rings (SSSR count). The van der Waals surface area contributed by atoms with E-state index in [2.05, 4.69) is 10.0 Å². The normalized spacial score (nSPS) is 16.3. The van der Waals surface area contributed by atoms with Gasteiger partial charge in [-0.3, -0.25) is 0 Å². The summed E-state index contributed by atoms with van der Waals surface area (Å²) in [5.74, 6) is -1.18. The smallest absolute Gasteiger partial charge is 0.337 e. The predicted molar refractivity (Wildman–Crippen MR) is 81.7 cm³/mol. The topological polar surface area (TPSA) is 105 Å². The molecule has 7 nitrogen and oxygen atoms in total. The molecular weight excluding hydrogens is 308 g/mol. The minimum absolute atomic E-state index is 0.0298. The Morgan fingerprint density at radius 1 is 1.45 bits per heavy atom. The molecule has 0 heterocycles. The fourth-order valence-electron chi connectivity index (χ4n) is 2.04. The van der Waals surface area contributed by atoms with Crippen LogP contribution in [0, 0.1) is 0 Å². The van der Waals surface area contributed by atoms with Gasteiger partial charge in [-0.1, -0.05) is 0 Å². The fraction of sp³-hybridized carbons (Fsp3) is 0.500. The Labute approximate surface area is 129 Å². The van der Waals surface area contributed by atoms with Gasteiger partial charge in [-0.25, -0.2) is 17.9 Å². The number of hydrogen-bond acceptors (Lipinski definition) is 5. The molecule has 1 saturated carbocycles. The van der Waals surface area contributed by atoms with Gasteiger partial charge in [-0.05, 0) is 38.0 Å². The van der Waals surface area contributed by atoms with Crippen molar-refractivity contribution in [2.24, 2.45) is 0 Å². The zero-order valence-corrected chi connectivity index (χ0v) is 13.3. The molecule has 1 aromatic rings. The Kier molecular flexibility index (Phi) is 5.05. The van der Waals surface area contributed by atoms with Crippen molar-refractivity contribution in [3.8, 4) is 0 Å². The number of sulfonamides is 1. The third kappa shape index (κ3) is 4.19. The van der Waals surface area contributed by atoms with E-state index in [4.69, 9.17) is 4.74 Å². The molecule has 122 valence electrons.